The zero-order chi connectivity index (χ0) is 18.2. The summed E-state index contributed by atoms with van der Waals surface area (Å²) in [5, 5.41) is 4.09. The molecule has 3 rings (SSSR count). The lowest BCUT2D eigenvalue weighted by Crippen LogP contribution is -2.23. The Morgan fingerprint density at radius 2 is 1.96 bits per heavy atom. The van der Waals surface area contributed by atoms with Gasteiger partial charge in [-0.25, -0.2) is 8.42 Å². The minimum absolute atomic E-state index is 0.221. The van der Waals surface area contributed by atoms with E-state index >= 15 is 0 Å². The smallest absolute Gasteiger partial charge is 0.492 e. The summed E-state index contributed by atoms with van der Waals surface area (Å²) in [5.41, 5.74) is -4.22. The van der Waals surface area contributed by atoms with Gasteiger partial charge in [-0.1, -0.05) is 0 Å². The Balaban J connectivity index is 1.52. The maximum Gasteiger partial charge on any atom is 0.501 e. The summed E-state index contributed by atoms with van der Waals surface area (Å²) in [7, 11) is -3.48. The summed E-state index contributed by atoms with van der Waals surface area (Å²) >= 11 is 0. The van der Waals surface area contributed by atoms with Gasteiger partial charge < -0.3 is 4.74 Å². The van der Waals surface area contributed by atoms with Crippen LogP contribution < -0.4 is 4.74 Å². The molecule has 0 radical (unpaired) electrons. The first-order valence-corrected chi connectivity index (χ1v) is 8.91. The van der Waals surface area contributed by atoms with Crippen molar-refractivity contribution in [1.82, 2.24) is 14.7 Å². The molecular weight excluding hydrogens is 359 g/mol. The van der Waals surface area contributed by atoms with Crippen LogP contribution >= 0.6 is 0 Å². The van der Waals surface area contributed by atoms with Gasteiger partial charge in [0.15, 0.2) is 0 Å². The Hall–Kier alpha value is -2.07. The second kappa shape index (κ2) is 6.34. The van der Waals surface area contributed by atoms with Crippen molar-refractivity contribution < 1.29 is 26.3 Å². The van der Waals surface area contributed by atoms with Crippen molar-refractivity contribution in [3.8, 4) is 5.75 Å². The lowest BCUT2D eigenvalue weighted by molar-refractivity contribution is -0.0436. The SMILES string of the molecule is Cn1cc(CN2CC2COc2ccc(S(=O)(=O)C(F)(F)F)cc2)cn1. The van der Waals surface area contributed by atoms with Crippen molar-refractivity contribution in [2.24, 2.45) is 7.05 Å². The summed E-state index contributed by atoms with van der Waals surface area (Å²) in [6, 6.07) is 4.48. The number of aromatic nitrogens is 2. The molecule has 136 valence electrons. The van der Waals surface area contributed by atoms with Crippen LogP contribution in [0.25, 0.3) is 0 Å². The summed E-state index contributed by atoms with van der Waals surface area (Å²) in [4.78, 5) is 1.37. The van der Waals surface area contributed by atoms with Crippen molar-refractivity contribution in [3.05, 3.63) is 42.2 Å². The van der Waals surface area contributed by atoms with Crippen LogP contribution in [0, 0.1) is 0 Å². The molecule has 0 bridgehead atoms. The number of hydrogen-bond donors (Lipinski definition) is 0. The van der Waals surface area contributed by atoms with Gasteiger partial charge in [-0.15, -0.1) is 0 Å². The van der Waals surface area contributed by atoms with Crippen LogP contribution in [0.1, 0.15) is 5.56 Å². The van der Waals surface area contributed by atoms with Gasteiger partial charge in [0.1, 0.15) is 12.4 Å². The summed E-state index contributed by atoms with van der Waals surface area (Å²) < 4.78 is 67.2. The minimum Gasteiger partial charge on any atom is -0.492 e. The number of sulfone groups is 1. The van der Waals surface area contributed by atoms with E-state index in [1.54, 1.807) is 10.9 Å². The molecule has 1 aliphatic rings. The number of nitrogens with zero attached hydrogens (tertiary/aromatic N) is 3. The molecule has 2 aromatic rings. The summed E-state index contributed by atoms with van der Waals surface area (Å²) in [6.07, 6.45) is 3.71. The van der Waals surface area contributed by atoms with E-state index in [1.807, 2.05) is 13.2 Å². The molecule has 1 aliphatic heterocycles. The predicted molar refractivity (Wildman–Crippen MR) is 82.6 cm³/mol. The fraction of sp³-hybridized carbons (Fsp3) is 0.400. The van der Waals surface area contributed by atoms with Gasteiger partial charge >= 0.3 is 5.51 Å². The van der Waals surface area contributed by atoms with Crippen molar-refractivity contribution in [2.45, 2.75) is 23.0 Å². The second-order valence-corrected chi connectivity index (χ2v) is 7.78. The molecular formula is C15H16F3N3O3S. The Bertz CT molecular complexity index is 847. The van der Waals surface area contributed by atoms with Crippen LogP contribution in [-0.2, 0) is 23.4 Å². The van der Waals surface area contributed by atoms with E-state index in [4.69, 9.17) is 4.74 Å². The fourth-order valence-corrected chi connectivity index (χ4v) is 3.17. The number of rotatable bonds is 6. The molecule has 1 aromatic carbocycles. The molecule has 6 nitrogen and oxygen atoms in total. The number of alkyl halides is 3. The first-order valence-electron chi connectivity index (χ1n) is 7.42. The molecule has 2 atom stereocenters. The lowest BCUT2D eigenvalue weighted by atomic mass is 10.3. The molecule has 2 heterocycles. The Morgan fingerprint density at radius 1 is 1.28 bits per heavy atom. The number of halogens is 3. The Kier molecular flexibility index (Phi) is 4.50. The van der Waals surface area contributed by atoms with E-state index in [1.165, 1.54) is 12.1 Å². The predicted octanol–water partition coefficient (Wildman–Crippen LogP) is 1.98. The number of ether oxygens (including phenoxy) is 1. The highest BCUT2D eigenvalue weighted by Crippen LogP contribution is 2.31. The van der Waals surface area contributed by atoms with E-state index in [2.05, 4.69) is 10.00 Å². The maximum atomic E-state index is 12.5. The third kappa shape index (κ3) is 3.96. The number of aryl methyl sites for hydroxylation is 1. The van der Waals surface area contributed by atoms with E-state index < -0.39 is 20.2 Å². The van der Waals surface area contributed by atoms with Crippen LogP contribution in [0.5, 0.6) is 5.75 Å². The largest absolute Gasteiger partial charge is 0.501 e. The van der Waals surface area contributed by atoms with E-state index in [0.29, 0.717) is 12.4 Å². The minimum atomic E-state index is -5.33. The molecule has 0 spiro atoms. The van der Waals surface area contributed by atoms with E-state index in [0.717, 1.165) is 30.8 Å². The number of hydrogen-bond acceptors (Lipinski definition) is 5. The molecule has 1 fully saturated rings. The van der Waals surface area contributed by atoms with Gasteiger partial charge in [-0.05, 0) is 24.3 Å². The molecule has 0 saturated carbocycles. The molecule has 1 saturated heterocycles. The van der Waals surface area contributed by atoms with E-state index in [-0.39, 0.29) is 6.04 Å². The van der Waals surface area contributed by atoms with Crippen molar-refractivity contribution in [3.63, 3.8) is 0 Å². The van der Waals surface area contributed by atoms with Gasteiger partial charge in [-0.2, -0.15) is 18.3 Å². The molecule has 10 heteroatoms. The molecule has 0 aliphatic carbocycles. The maximum absolute atomic E-state index is 12.5. The molecule has 25 heavy (non-hydrogen) atoms. The van der Waals surface area contributed by atoms with Gasteiger partial charge in [0.25, 0.3) is 9.84 Å². The third-order valence-corrected chi connectivity index (χ3v) is 5.36. The summed E-state index contributed by atoms with van der Waals surface area (Å²) in [5.74, 6) is 0.328. The molecule has 1 aromatic heterocycles. The summed E-state index contributed by atoms with van der Waals surface area (Å²) in [6.45, 7) is 1.99. The topological polar surface area (TPSA) is 64.2 Å². The highest BCUT2D eigenvalue weighted by Gasteiger charge is 2.46. The lowest BCUT2D eigenvalue weighted by Gasteiger charge is -2.10. The van der Waals surface area contributed by atoms with Gasteiger partial charge in [-0.3, -0.25) is 9.58 Å². The van der Waals surface area contributed by atoms with Crippen molar-refractivity contribution in [2.75, 3.05) is 13.2 Å². The van der Waals surface area contributed by atoms with E-state index in [9.17, 15) is 21.6 Å². The second-order valence-electron chi connectivity index (χ2n) is 5.84. The highest BCUT2D eigenvalue weighted by atomic mass is 32.2. The van der Waals surface area contributed by atoms with Gasteiger partial charge in [0, 0.05) is 31.9 Å². The van der Waals surface area contributed by atoms with Crippen LogP contribution in [0.3, 0.4) is 0 Å². The molecule has 0 N–H and O–H groups in total. The average molecular weight is 375 g/mol. The normalized spacial score (nSPS) is 20.5. The van der Waals surface area contributed by atoms with Gasteiger partial charge in [0.05, 0.1) is 17.1 Å². The standard InChI is InChI=1S/C15H16F3N3O3S/c1-20-7-11(6-19-20)8-21-9-12(21)10-24-13-2-4-14(5-3-13)25(22,23)15(16,17)18/h2-7,12H,8-10H2,1H3. The van der Waals surface area contributed by atoms with Crippen LogP contribution in [0.15, 0.2) is 41.6 Å². The fourth-order valence-electron chi connectivity index (χ4n) is 2.40. The zero-order valence-electron chi connectivity index (χ0n) is 13.3. The van der Waals surface area contributed by atoms with Crippen molar-refractivity contribution in [1.29, 1.82) is 0 Å². The van der Waals surface area contributed by atoms with Crippen LogP contribution in [0.2, 0.25) is 0 Å². The van der Waals surface area contributed by atoms with Crippen LogP contribution in [0.4, 0.5) is 13.2 Å². The number of benzene rings is 1. The molecule has 0 amide bonds. The zero-order valence-corrected chi connectivity index (χ0v) is 14.1. The third-order valence-electron chi connectivity index (χ3n) is 3.85. The average Bonchev–Trinajstić information content (AvgIpc) is 3.14. The monoisotopic (exact) mass is 375 g/mol. The first-order chi connectivity index (χ1) is 11.7. The molecule has 2 unspecified atom stereocenters. The van der Waals surface area contributed by atoms with Crippen LogP contribution in [-0.4, -0.2) is 47.8 Å². The Labute approximate surface area is 142 Å². The Morgan fingerprint density at radius 3 is 2.52 bits per heavy atom. The van der Waals surface area contributed by atoms with Gasteiger partial charge in [0.2, 0.25) is 0 Å². The van der Waals surface area contributed by atoms with Crippen molar-refractivity contribution >= 4 is 9.84 Å². The first kappa shape index (κ1) is 17.7. The highest BCUT2D eigenvalue weighted by molar-refractivity contribution is 7.92. The quantitative estimate of drug-likeness (QED) is 0.723.